The van der Waals surface area contributed by atoms with Crippen LogP contribution in [0.1, 0.15) is 17.9 Å². The monoisotopic (exact) mass is 356 g/mol. The SMILES string of the molecule is Fc1ccc(Cl)cc1-c1nn2c(c1N1C=Cc3ncnn3C1)CCC2. The highest BCUT2D eigenvalue weighted by atomic mass is 35.5. The van der Waals surface area contributed by atoms with Gasteiger partial charge in [-0.25, -0.2) is 14.1 Å². The third-order valence-corrected chi connectivity index (χ3v) is 4.85. The molecule has 0 bridgehead atoms. The van der Waals surface area contributed by atoms with Gasteiger partial charge in [-0.15, -0.1) is 0 Å². The molecular weight excluding hydrogens is 343 g/mol. The van der Waals surface area contributed by atoms with Gasteiger partial charge < -0.3 is 4.90 Å². The fourth-order valence-corrected chi connectivity index (χ4v) is 3.65. The number of fused-ring (bicyclic) bond motifs is 2. The number of halogens is 2. The number of anilines is 1. The first-order valence-corrected chi connectivity index (χ1v) is 8.46. The topological polar surface area (TPSA) is 51.8 Å². The summed E-state index contributed by atoms with van der Waals surface area (Å²) in [5.74, 6) is 0.473. The van der Waals surface area contributed by atoms with Crippen LogP contribution in [-0.2, 0) is 19.6 Å². The van der Waals surface area contributed by atoms with Crippen LogP contribution in [0, 0.1) is 5.82 Å². The molecule has 8 heteroatoms. The molecule has 3 aromatic rings. The molecule has 0 aliphatic carbocycles. The van der Waals surface area contributed by atoms with Gasteiger partial charge in [-0.3, -0.25) is 4.68 Å². The molecule has 0 unspecified atom stereocenters. The van der Waals surface area contributed by atoms with Crippen molar-refractivity contribution < 1.29 is 4.39 Å². The molecule has 2 aromatic heterocycles. The summed E-state index contributed by atoms with van der Waals surface area (Å²) in [7, 11) is 0. The number of hydrogen-bond acceptors (Lipinski definition) is 4. The van der Waals surface area contributed by atoms with E-state index in [1.807, 2.05) is 21.9 Å². The van der Waals surface area contributed by atoms with Crippen LogP contribution in [0.25, 0.3) is 17.3 Å². The van der Waals surface area contributed by atoms with Crippen LogP contribution in [0.15, 0.2) is 30.7 Å². The van der Waals surface area contributed by atoms with Gasteiger partial charge in [0.15, 0.2) is 5.82 Å². The van der Waals surface area contributed by atoms with Crippen molar-refractivity contribution in [2.75, 3.05) is 4.90 Å². The largest absolute Gasteiger partial charge is 0.324 e. The Bertz CT molecular complexity index is 1000. The van der Waals surface area contributed by atoms with Gasteiger partial charge in [0.25, 0.3) is 0 Å². The van der Waals surface area contributed by atoms with E-state index in [-0.39, 0.29) is 5.82 Å². The smallest absolute Gasteiger partial charge is 0.154 e. The Hall–Kier alpha value is -2.67. The van der Waals surface area contributed by atoms with E-state index in [1.54, 1.807) is 16.8 Å². The summed E-state index contributed by atoms with van der Waals surface area (Å²) in [4.78, 5) is 6.23. The number of nitrogens with zero attached hydrogens (tertiary/aromatic N) is 6. The molecule has 0 spiro atoms. The average molecular weight is 357 g/mol. The van der Waals surface area contributed by atoms with E-state index in [1.165, 1.54) is 12.4 Å². The summed E-state index contributed by atoms with van der Waals surface area (Å²) >= 11 is 6.10. The van der Waals surface area contributed by atoms with Crippen molar-refractivity contribution in [3.63, 3.8) is 0 Å². The van der Waals surface area contributed by atoms with E-state index >= 15 is 0 Å². The summed E-state index contributed by atoms with van der Waals surface area (Å²) in [6, 6.07) is 4.56. The fourth-order valence-electron chi connectivity index (χ4n) is 3.48. The first kappa shape index (κ1) is 14.7. The van der Waals surface area contributed by atoms with Gasteiger partial charge in [0.05, 0.1) is 11.4 Å². The lowest BCUT2D eigenvalue weighted by atomic mass is 10.1. The van der Waals surface area contributed by atoms with Gasteiger partial charge in [0.2, 0.25) is 0 Å². The second-order valence-corrected chi connectivity index (χ2v) is 6.58. The van der Waals surface area contributed by atoms with Crippen LogP contribution in [0.4, 0.5) is 10.1 Å². The van der Waals surface area contributed by atoms with Crippen molar-refractivity contribution in [3.05, 3.63) is 53.1 Å². The van der Waals surface area contributed by atoms with E-state index in [4.69, 9.17) is 11.6 Å². The van der Waals surface area contributed by atoms with Crippen molar-refractivity contribution >= 4 is 23.4 Å². The molecule has 2 aliphatic heterocycles. The van der Waals surface area contributed by atoms with Crippen LogP contribution >= 0.6 is 11.6 Å². The molecule has 4 heterocycles. The minimum Gasteiger partial charge on any atom is -0.324 e. The highest BCUT2D eigenvalue weighted by molar-refractivity contribution is 6.30. The first-order chi connectivity index (χ1) is 12.2. The van der Waals surface area contributed by atoms with Crippen molar-refractivity contribution in [1.82, 2.24) is 24.5 Å². The van der Waals surface area contributed by atoms with Gasteiger partial charge in [-0.05, 0) is 37.1 Å². The Morgan fingerprint density at radius 3 is 3.04 bits per heavy atom. The standard InChI is InChI=1S/C17H14ClFN6/c18-11-3-4-13(19)12(8-11)16-17(14-2-1-6-24(14)22-16)23-7-5-15-20-9-21-25(15)10-23/h3-5,7-9H,1-2,6,10H2. The molecule has 0 fully saturated rings. The molecule has 25 heavy (non-hydrogen) atoms. The van der Waals surface area contributed by atoms with Gasteiger partial charge in [0.1, 0.15) is 24.5 Å². The predicted molar refractivity (Wildman–Crippen MR) is 92.5 cm³/mol. The minimum atomic E-state index is -0.329. The summed E-state index contributed by atoms with van der Waals surface area (Å²) in [6.45, 7) is 1.36. The van der Waals surface area contributed by atoms with E-state index in [0.717, 1.165) is 36.6 Å². The summed E-state index contributed by atoms with van der Waals surface area (Å²) in [5, 5.41) is 9.40. The molecule has 6 nitrogen and oxygen atoms in total. The zero-order valence-electron chi connectivity index (χ0n) is 13.2. The van der Waals surface area contributed by atoms with Crippen LogP contribution in [0.5, 0.6) is 0 Å². The molecule has 0 radical (unpaired) electrons. The summed E-state index contributed by atoms with van der Waals surface area (Å²) < 4.78 is 18.3. The third kappa shape index (κ3) is 2.26. The lowest BCUT2D eigenvalue weighted by Gasteiger charge is -2.25. The highest BCUT2D eigenvalue weighted by Gasteiger charge is 2.28. The predicted octanol–water partition coefficient (Wildman–Crippen LogP) is 3.33. The van der Waals surface area contributed by atoms with E-state index in [0.29, 0.717) is 22.9 Å². The van der Waals surface area contributed by atoms with Crippen molar-refractivity contribution in [3.8, 4) is 11.3 Å². The maximum atomic E-state index is 14.5. The van der Waals surface area contributed by atoms with Crippen molar-refractivity contribution in [1.29, 1.82) is 0 Å². The highest BCUT2D eigenvalue weighted by Crippen LogP contribution is 2.39. The van der Waals surface area contributed by atoms with Gasteiger partial charge in [0, 0.05) is 23.3 Å². The molecule has 0 amide bonds. The van der Waals surface area contributed by atoms with Gasteiger partial charge in [-0.1, -0.05) is 11.6 Å². The molecule has 126 valence electrons. The lowest BCUT2D eigenvalue weighted by Crippen LogP contribution is -2.26. The molecular formula is C17H14ClFN6. The van der Waals surface area contributed by atoms with Gasteiger partial charge >= 0.3 is 0 Å². The second kappa shape index (κ2) is 5.42. The van der Waals surface area contributed by atoms with Crippen LogP contribution < -0.4 is 4.90 Å². The average Bonchev–Trinajstić information content (AvgIpc) is 3.30. The van der Waals surface area contributed by atoms with Crippen LogP contribution in [-0.4, -0.2) is 24.5 Å². The fraction of sp³-hybridized carbons (Fsp3) is 0.235. The van der Waals surface area contributed by atoms with Crippen molar-refractivity contribution in [2.24, 2.45) is 0 Å². The first-order valence-electron chi connectivity index (χ1n) is 8.08. The maximum absolute atomic E-state index is 14.5. The molecule has 2 aliphatic rings. The van der Waals surface area contributed by atoms with E-state index in [2.05, 4.69) is 15.2 Å². The molecule has 1 aromatic carbocycles. The lowest BCUT2D eigenvalue weighted by molar-refractivity contribution is 0.602. The third-order valence-electron chi connectivity index (χ3n) is 4.62. The van der Waals surface area contributed by atoms with Gasteiger partial charge in [-0.2, -0.15) is 10.2 Å². The molecule has 0 N–H and O–H groups in total. The van der Waals surface area contributed by atoms with E-state index in [9.17, 15) is 4.39 Å². The Labute approximate surface area is 148 Å². The number of aryl methyl sites for hydroxylation is 1. The zero-order valence-corrected chi connectivity index (χ0v) is 14.0. The molecule has 0 atom stereocenters. The number of rotatable bonds is 2. The molecule has 0 saturated carbocycles. The zero-order chi connectivity index (χ0) is 17.0. The Balaban J connectivity index is 1.68. The van der Waals surface area contributed by atoms with Crippen LogP contribution in [0.2, 0.25) is 5.02 Å². The molecule has 5 rings (SSSR count). The van der Waals surface area contributed by atoms with E-state index < -0.39 is 0 Å². The van der Waals surface area contributed by atoms with Crippen LogP contribution in [0.3, 0.4) is 0 Å². The molecule has 0 saturated heterocycles. The number of benzene rings is 1. The number of hydrogen-bond donors (Lipinski definition) is 0. The summed E-state index contributed by atoms with van der Waals surface area (Å²) in [6.07, 6.45) is 7.34. The second-order valence-electron chi connectivity index (χ2n) is 6.14. The minimum absolute atomic E-state index is 0.329. The normalized spacial score (nSPS) is 15.5. The summed E-state index contributed by atoms with van der Waals surface area (Å²) in [5.41, 5.74) is 3.06. The quantitative estimate of drug-likeness (QED) is 0.706. The Morgan fingerprint density at radius 1 is 1.20 bits per heavy atom. The Morgan fingerprint density at radius 2 is 2.12 bits per heavy atom. The number of aromatic nitrogens is 5. The maximum Gasteiger partial charge on any atom is 0.154 e. The van der Waals surface area contributed by atoms with Crippen molar-refractivity contribution in [2.45, 2.75) is 26.1 Å². The Kier molecular flexibility index (Phi) is 3.18.